The Balaban J connectivity index is 1.48. The minimum absolute atomic E-state index is 0.0240. The second-order valence-corrected chi connectivity index (χ2v) is 11.6. The lowest BCUT2D eigenvalue weighted by molar-refractivity contribution is -0.170. The number of carbonyl (C=O) groups is 2. The van der Waals surface area contributed by atoms with Crippen molar-refractivity contribution in [3.8, 4) is 0 Å². The van der Waals surface area contributed by atoms with Crippen molar-refractivity contribution in [3.05, 3.63) is 0 Å². The summed E-state index contributed by atoms with van der Waals surface area (Å²) >= 11 is 0. The third-order valence-corrected chi connectivity index (χ3v) is 9.21. The Bertz CT molecular complexity index is 632. The average molecular weight is 375 g/mol. The molecule has 0 aromatic rings. The average Bonchev–Trinajstić information content (AvgIpc) is 2.89. The van der Waals surface area contributed by atoms with Crippen molar-refractivity contribution in [2.75, 3.05) is 0 Å². The molecule has 27 heavy (non-hydrogen) atoms. The second kappa shape index (κ2) is 6.32. The molecular weight excluding hydrogens is 336 g/mol. The Hall–Kier alpha value is -0.860. The zero-order valence-electron chi connectivity index (χ0n) is 18.0. The molecule has 3 heteroatoms. The van der Waals surface area contributed by atoms with Gasteiger partial charge in [0.2, 0.25) is 0 Å². The van der Waals surface area contributed by atoms with E-state index in [1.807, 2.05) is 20.8 Å². The van der Waals surface area contributed by atoms with Gasteiger partial charge >= 0.3 is 5.97 Å². The quantitative estimate of drug-likeness (QED) is 0.565. The van der Waals surface area contributed by atoms with E-state index in [4.69, 9.17) is 4.74 Å². The smallest absolute Gasteiger partial charge is 0.311 e. The minimum Gasteiger partial charge on any atom is -0.462 e. The van der Waals surface area contributed by atoms with Crippen molar-refractivity contribution >= 4 is 11.8 Å². The molecule has 152 valence electrons. The first kappa shape index (κ1) is 19.5. The number of Topliss-reactive ketones (excluding diaryl/α,β-unsaturated/α-hetero) is 1. The highest BCUT2D eigenvalue weighted by Crippen LogP contribution is 2.65. The molecule has 7 atom stereocenters. The van der Waals surface area contributed by atoms with Gasteiger partial charge in [-0.3, -0.25) is 9.59 Å². The lowest BCUT2D eigenvalue weighted by atomic mass is 9.45. The number of fused-ring (bicyclic) bond motifs is 5. The van der Waals surface area contributed by atoms with Crippen LogP contribution in [0.15, 0.2) is 0 Å². The molecule has 0 aromatic carbocycles. The molecule has 0 N–H and O–H groups in total. The van der Waals surface area contributed by atoms with Crippen LogP contribution in [0, 0.1) is 39.9 Å². The molecule has 0 amide bonds. The summed E-state index contributed by atoms with van der Waals surface area (Å²) in [5, 5.41) is 0. The first-order valence-corrected chi connectivity index (χ1v) is 11.3. The third kappa shape index (κ3) is 2.99. The molecule has 0 spiro atoms. The molecule has 0 bridgehead atoms. The maximum atomic E-state index is 12.5. The molecule has 0 aromatic heterocycles. The molecule has 0 unspecified atom stereocenters. The number of ketones is 1. The summed E-state index contributed by atoms with van der Waals surface area (Å²) in [6, 6.07) is 0. The van der Waals surface area contributed by atoms with Crippen molar-refractivity contribution in [1.29, 1.82) is 0 Å². The summed E-state index contributed by atoms with van der Waals surface area (Å²) < 4.78 is 5.90. The van der Waals surface area contributed by atoms with Crippen LogP contribution in [-0.2, 0) is 14.3 Å². The molecule has 4 rings (SSSR count). The first-order chi connectivity index (χ1) is 12.6. The molecule has 3 nitrogen and oxygen atoms in total. The fourth-order valence-corrected chi connectivity index (χ4v) is 7.42. The van der Waals surface area contributed by atoms with Gasteiger partial charge in [0.25, 0.3) is 0 Å². The maximum absolute atomic E-state index is 12.5. The SMILES string of the molecule is CC(C)(C)C(=O)O[C@@H]1CC[C@@]2(C)[C@@H](CC[C@H]3[C@H]2CC[C@]2(C)C(=O)CC[C@H]32)C1. The monoisotopic (exact) mass is 374 g/mol. The predicted molar refractivity (Wildman–Crippen MR) is 106 cm³/mol. The molecule has 0 radical (unpaired) electrons. The highest BCUT2D eigenvalue weighted by molar-refractivity contribution is 5.87. The van der Waals surface area contributed by atoms with E-state index in [0.717, 1.165) is 43.9 Å². The van der Waals surface area contributed by atoms with Crippen LogP contribution in [0.3, 0.4) is 0 Å². The minimum atomic E-state index is -0.415. The number of esters is 1. The summed E-state index contributed by atoms with van der Waals surface area (Å²) in [4.78, 5) is 24.9. The maximum Gasteiger partial charge on any atom is 0.311 e. The van der Waals surface area contributed by atoms with Crippen LogP contribution >= 0.6 is 0 Å². The van der Waals surface area contributed by atoms with E-state index in [2.05, 4.69) is 13.8 Å². The van der Waals surface area contributed by atoms with Crippen molar-refractivity contribution in [1.82, 2.24) is 0 Å². The molecule has 4 aliphatic rings. The lowest BCUT2D eigenvalue weighted by Gasteiger charge is -2.60. The lowest BCUT2D eigenvalue weighted by Crippen LogP contribution is -2.54. The van der Waals surface area contributed by atoms with Crippen LogP contribution in [0.1, 0.15) is 92.4 Å². The van der Waals surface area contributed by atoms with Gasteiger partial charge in [0.05, 0.1) is 5.41 Å². The number of hydrogen-bond acceptors (Lipinski definition) is 3. The highest BCUT2D eigenvalue weighted by Gasteiger charge is 2.60. The van der Waals surface area contributed by atoms with Crippen molar-refractivity contribution in [2.24, 2.45) is 39.9 Å². The highest BCUT2D eigenvalue weighted by atomic mass is 16.5. The van der Waals surface area contributed by atoms with Crippen molar-refractivity contribution in [3.63, 3.8) is 0 Å². The Labute approximate surface area is 165 Å². The van der Waals surface area contributed by atoms with Crippen LogP contribution in [0.25, 0.3) is 0 Å². The van der Waals surface area contributed by atoms with Gasteiger partial charge in [-0.1, -0.05) is 13.8 Å². The van der Waals surface area contributed by atoms with Gasteiger partial charge in [0.15, 0.2) is 0 Å². The number of ether oxygens (including phenoxy) is 1. The first-order valence-electron chi connectivity index (χ1n) is 11.3. The summed E-state index contributed by atoms with van der Waals surface area (Å²) in [5.74, 6) is 3.29. The second-order valence-electron chi connectivity index (χ2n) is 11.6. The van der Waals surface area contributed by atoms with Gasteiger partial charge in [0.1, 0.15) is 11.9 Å². The van der Waals surface area contributed by atoms with E-state index in [-0.39, 0.29) is 17.5 Å². The number of rotatable bonds is 1. The Morgan fingerprint density at radius 3 is 2.44 bits per heavy atom. The van der Waals surface area contributed by atoms with Crippen LogP contribution in [0.4, 0.5) is 0 Å². The van der Waals surface area contributed by atoms with E-state index in [0.29, 0.717) is 23.0 Å². The summed E-state index contributed by atoms with van der Waals surface area (Å²) in [7, 11) is 0. The van der Waals surface area contributed by atoms with E-state index < -0.39 is 5.41 Å². The van der Waals surface area contributed by atoms with E-state index in [9.17, 15) is 9.59 Å². The van der Waals surface area contributed by atoms with Gasteiger partial charge in [-0.15, -0.1) is 0 Å². The van der Waals surface area contributed by atoms with Crippen LogP contribution < -0.4 is 0 Å². The standard InChI is InChI=1S/C24H38O3/c1-22(2,3)21(26)27-16-10-12-23(4)15(14-16)6-7-17-18-8-9-20(25)24(18,5)13-11-19(17)23/h15-19H,6-14H2,1-5H3/t15-,16+,17+,18+,19+,23-,24-/m0/s1. The fraction of sp³-hybridized carbons (Fsp3) is 0.917. The van der Waals surface area contributed by atoms with Gasteiger partial charge < -0.3 is 4.74 Å². The van der Waals surface area contributed by atoms with Crippen molar-refractivity contribution in [2.45, 2.75) is 98.5 Å². The van der Waals surface area contributed by atoms with Crippen LogP contribution in [-0.4, -0.2) is 17.9 Å². The summed E-state index contributed by atoms with van der Waals surface area (Å²) in [5.41, 5.74) is -0.0639. The zero-order valence-corrected chi connectivity index (χ0v) is 18.0. The molecule has 0 heterocycles. The molecule has 4 saturated carbocycles. The number of carbonyl (C=O) groups excluding carboxylic acids is 2. The van der Waals surface area contributed by atoms with Crippen LogP contribution in [0.2, 0.25) is 0 Å². The van der Waals surface area contributed by atoms with E-state index in [1.165, 1.54) is 25.7 Å². The van der Waals surface area contributed by atoms with E-state index in [1.54, 1.807) is 0 Å². The van der Waals surface area contributed by atoms with Gasteiger partial charge in [-0.25, -0.2) is 0 Å². The normalized spacial score (nSPS) is 47.0. The van der Waals surface area contributed by atoms with Gasteiger partial charge in [-0.05, 0) is 101 Å². The van der Waals surface area contributed by atoms with Crippen LogP contribution in [0.5, 0.6) is 0 Å². The molecule has 0 aliphatic heterocycles. The zero-order chi connectivity index (χ0) is 19.6. The Morgan fingerprint density at radius 2 is 1.74 bits per heavy atom. The molecule has 0 saturated heterocycles. The summed E-state index contributed by atoms with van der Waals surface area (Å²) in [6.45, 7) is 10.6. The Morgan fingerprint density at radius 1 is 1.00 bits per heavy atom. The third-order valence-electron chi connectivity index (χ3n) is 9.21. The fourth-order valence-electron chi connectivity index (χ4n) is 7.42. The summed E-state index contributed by atoms with van der Waals surface area (Å²) in [6.07, 6.45) is 10.1. The topological polar surface area (TPSA) is 43.4 Å². The van der Waals surface area contributed by atoms with Gasteiger partial charge in [-0.2, -0.15) is 0 Å². The van der Waals surface area contributed by atoms with Crippen molar-refractivity contribution < 1.29 is 14.3 Å². The van der Waals surface area contributed by atoms with E-state index >= 15 is 0 Å². The number of hydrogen-bond donors (Lipinski definition) is 0. The van der Waals surface area contributed by atoms with Gasteiger partial charge in [0, 0.05) is 11.8 Å². The largest absolute Gasteiger partial charge is 0.462 e. The Kier molecular flexibility index (Phi) is 4.56. The molecular formula is C24H38O3. The predicted octanol–water partition coefficient (Wildman–Crippen LogP) is 5.56. The molecule has 4 aliphatic carbocycles. The molecule has 4 fully saturated rings.